The maximum absolute atomic E-state index is 11.8. The highest BCUT2D eigenvalue weighted by atomic mass is 35.5. The predicted octanol–water partition coefficient (Wildman–Crippen LogP) is 1.95. The standard InChI is InChI=1S/C12H23ClN2O/c1-3-11(2)14-7-9-15(10-8-14)12(16)5-4-6-13/h11H,3-10H2,1-2H3. The molecular weight excluding hydrogens is 224 g/mol. The van der Waals surface area contributed by atoms with Crippen LogP contribution in [0.3, 0.4) is 0 Å². The quantitative estimate of drug-likeness (QED) is 0.693. The largest absolute Gasteiger partial charge is 0.340 e. The number of hydrogen-bond donors (Lipinski definition) is 0. The van der Waals surface area contributed by atoms with Crippen LogP contribution in [0.2, 0.25) is 0 Å². The molecule has 3 nitrogen and oxygen atoms in total. The molecule has 0 radical (unpaired) electrons. The molecule has 0 N–H and O–H groups in total. The molecule has 0 aliphatic carbocycles. The lowest BCUT2D eigenvalue weighted by Crippen LogP contribution is -2.51. The third kappa shape index (κ3) is 3.95. The van der Waals surface area contributed by atoms with Gasteiger partial charge in [0.05, 0.1) is 0 Å². The SMILES string of the molecule is CCC(C)N1CCN(C(=O)CCCCl)CC1. The van der Waals surface area contributed by atoms with Gasteiger partial charge in [0.1, 0.15) is 0 Å². The fraction of sp³-hybridized carbons (Fsp3) is 0.917. The fourth-order valence-corrected chi connectivity index (χ4v) is 2.18. The summed E-state index contributed by atoms with van der Waals surface area (Å²) < 4.78 is 0. The molecule has 1 amide bonds. The molecule has 16 heavy (non-hydrogen) atoms. The minimum atomic E-state index is 0.268. The minimum absolute atomic E-state index is 0.268. The molecule has 0 saturated carbocycles. The summed E-state index contributed by atoms with van der Waals surface area (Å²) >= 11 is 5.59. The lowest BCUT2D eigenvalue weighted by Gasteiger charge is -2.37. The van der Waals surface area contributed by atoms with E-state index < -0.39 is 0 Å². The van der Waals surface area contributed by atoms with Gasteiger partial charge in [-0.3, -0.25) is 9.69 Å². The van der Waals surface area contributed by atoms with Crippen LogP contribution in [0.15, 0.2) is 0 Å². The number of piperazine rings is 1. The first-order chi connectivity index (χ1) is 7.69. The van der Waals surface area contributed by atoms with Crippen molar-refractivity contribution in [2.24, 2.45) is 0 Å². The highest BCUT2D eigenvalue weighted by molar-refractivity contribution is 6.17. The van der Waals surface area contributed by atoms with E-state index in [0.29, 0.717) is 18.3 Å². The summed E-state index contributed by atoms with van der Waals surface area (Å²) in [4.78, 5) is 16.2. The monoisotopic (exact) mass is 246 g/mol. The van der Waals surface area contributed by atoms with Gasteiger partial charge in [-0.05, 0) is 19.8 Å². The molecule has 0 bridgehead atoms. The zero-order chi connectivity index (χ0) is 12.0. The minimum Gasteiger partial charge on any atom is -0.340 e. The van der Waals surface area contributed by atoms with Crippen molar-refractivity contribution in [2.75, 3.05) is 32.1 Å². The second-order valence-corrected chi connectivity index (χ2v) is 4.84. The zero-order valence-electron chi connectivity index (χ0n) is 10.4. The molecular formula is C12H23ClN2O. The maximum Gasteiger partial charge on any atom is 0.222 e. The third-order valence-electron chi connectivity index (χ3n) is 3.41. The van der Waals surface area contributed by atoms with Gasteiger partial charge in [-0.2, -0.15) is 0 Å². The zero-order valence-corrected chi connectivity index (χ0v) is 11.2. The Kier molecular flexibility index (Phi) is 6.14. The normalized spacial score (nSPS) is 19.8. The lowest BCUT2D eigenvalue weighted by molar-refractivity contribution is -0.133. The summed E-state index contributed by atoms with van der Waals surface area (Å²) in [6, 6.07) is 0.639. The number of rotatable bonds is 5. The smallest absolute Gasteiger partial charge is 0.222 e. The van der Waals surface area contributed by atoms with Crippen LogP contribution < -0.4 is 0 Å². The van der Waals surface area contributed by atoms with Crippen LogP contribution in [0.5, 0.6) is 0 Å². The second kappa shape index (κ2) is 7.13. The number of halogens is 1. The van der Waals surface area contributed by atoms with Gasteiger partial charge in [0.15, 0.2) is 0 Å². The predicted molar refractivity (Wildman–Crippen MR) is 67.9 cm³/mol. The first kappa shape index (κ1) is 13.8. The van der Waals surface area contributed by atoms with E-state index in [1.54, 1.807) is 0 Å². The Balaban J connectivity index is 2.28. The van der Waals surface area contributed by atoms with Gasteiger partial charge in [-0.15, -0.1) is 11.6 Å². The first-order valence-electron chi connectivity index (χ1n) is 6.26. The Labute approximate surface area is 104 Å². The lowest BCUT2D eigenvalue weighted by atomic mass is 10.2. The van der Waals surface area contributed by atoms with Crippen molar-refractivity contribution in [2.45, 2.75) is 39.2 Å². The Morgan fingerprint density at radius 1 is 1.31 bits per heavy atom. The van der Waals surface area contributed by atoms with E-state index in [9.17, 15) is 4.79 Å². The Hall–Kier alpha value is -0.280. The van der Waals surface area contributed by atoms with Gasteiger partial charge in [-0.1, -0.05) is 6.92 Å². The molecule has 1 aliphatic rings. The topological polar surface area (TPSA) is 23.6 Å². The van der Waals surface area contributed by atoms with Crippen molar-refractivity contribution in [3.05, 3.63) is 0 Å². The summed E-state index contributed by atoms with van der Waals surface area (Å²) in [6.07, 6.45) is 2.58. The van der Waals surface area contributed by atoms with Crippen LogP contribution in [0.4, 0.5) is 0 Å². The Morgan fingerprint density at radius 3 is 2.44 bits per heavy atom. The summed E-state index contributed by atoms with van der Waals surface area (Å²) in [5.41, 5.74) is 0. The van der Waals surface area contributed by atoms with Crippen molar-refractivity contribution >= 4 is 17.5 Å². The van der Waals surface area contributed by atoms with Crippen LogP contribution in [-0.2, 0) is 4.79 Å². The van der Waals surface area contributed by atoms with Crippen LogP contribution in [-0.4, -0.2) is 53.8 Å². The highest BCUT2D eigenvalue weighted by Crippen LogP contribution is 2.10. The van der Waals surface area contributed by atoms with Crippen molar-refractivity contribution in [3.8, 4) is 0 Å². The molecule has 0 aromatic rings. The molecule has 1 atom stereocenters. The highest BCUT2D eigenvalue weighted by Gasteiger charge is 2.22. The molecule has 4 heteroatoms. The number of carbonyl (C=O) groups excluding carboxylic acids is 1. The van der Waals surface area contributed by atoms with E-state index >= 15 is 0 Å². The summed E-state index contributed by atoms with van der Waals surface area (Å²) in [7, 11) is 0. The van der Waals surface area contributed by atoms with Crippen molar-refractivity contribution in [1.29, 1.82) is 0 Å². The molecule has 0 aromatic heterocycles. The molecule has 0 aromatic carbocycles. The van der Waals surface area contributed by atoms with Crippen LogP contribution in [0.1, 0.15) is 33.1 Å². The molecule has 1 fully saturated rings. The molecule has 94 valence electrons. The van der Waals surface area contributed by atoms with Gasteiger partial charge >= 0.3 is 0 Å². The van der Waals surface area contributed by atoms with Crippen molar-refractivity contribution in [1.82, 2.24) is 9.80 Å². The van der Waals surface area contributed by atoms with Gasteiger partial charge in [0.2, 0.25) is 5.91 Å². The number of hydrogen-bond acceptors (Lipinski definition) is 2. The average Bonchev–Trinajstić information content (AvgIpc) is 2.35. The molecule has 0 spiro atoms. The number of alkyl halides is 1. The van der Waals surface area contributed by atoms with Crippen molar-refractivity contribution < 1.29 is 4.79 Å². The van der Waals surface area contributed by atoms with E-state index in [0.717, 1.165) is 32.6 Å². The molecule has 1 saturated heterocycles. The van der Waals surface area contributed by atoms with Gasteiger partial charge in [0.25, 0.3) is 0 Å². The average molecular weight is 247 g/mol. The third-order valence-corrected chi connectivity index (χ3v) is 3.67. The fourth-order valence-electron chi connectivity index (χ4n) is 2.05. The van der Waals surface area contributed by atoms with Gasteiger partial charge in [0, 0.05) is 44.5 Å². The maximum atomic E-state index is 11.8. The molecule has 1 heterocycles. The van der Waals surface area contributed by atoms with Gasteiger partial charge < -0.3 is 4.90 Å². The molecule has 1 aliphatic heterocycles. The molecule has 1 unspecified atom stereocenters. The summed E-state index contributed by atoms with van der Waals surface area (Å²) in [5.74, 6) is 0.850. The molecule has 1 rings (SSSR count). The van der Waals surface area contributed by atoms with Gasteiger partial charge in [-0.25, -0.2) is 0 Å². The van der Waals surface area contributed by atoms with E-state index in [4.69, 9.17) is 11.6 Å². The Bertz CT molecular complexity index is 215. The number of amides is 1. The van der Waals surface area contributed by atoms with E-state index in [1.807, 2.05) is 4.90 Å². The van der Waals surface area contributed by atoms with Crippen molar-refractivity contribution in [3.63, 3.8) is 0 Å². The van der Waals surface area contributed by atoms with E-state index in [2.05, 4.69) is 18.7 Å². The van der Waals surface area contributed by atoms with E-state index in [-0.39, 0.29) is 5.91 Å². The van der Waals surface area contributed by atoms with Crippen LogP contribution in [0.25, 0.3) is 0 Å². The summed E-state index contributed by atoms with van der Waals surface area (Å²) in [5, 5.41) is 0. The second-order valence-electron chi connectivity index (χ2n) is 4.47. The Morgan fingerprint density at radius 2 is 1.94 bits per heavy atom. The van der Waals surface area contributed by atoms with Crippen LogP contribution >= 0.6 is 11.6 Å². The summed E-state index contributed by atoms with van der Waals surface area (Å²) in [6.45, 7) is 8.26. The van der Waals surface area contributed by atoms with E-state index in [1.165, 1.54) is 6.42 Å². The number of nitrogens with zero attached hydrogens (tertiary/aromatic N) is 2. The number of carbonyl (C=O) groups is 1. The van der Waals surface area contributed by atoms with Crippen LogP contribution in [0, 0.1) is 0 Å². The first-order valence-corrected chi connectivity index (χ1v) is 6.80.